The average molecular weight is 303 g/mol. The summed E-state index contributed by atoms with van der Waals surface area (Å²) in [5.74, 6) is 5.27. The smallest absolute Gasteiger partial charge is 0.355 e. The number of carbonyl (C=O) groups excluding carboxylic acids is 1. The number of hydrogen-bond acceptors (Lipinski definition) is 6. The molecule has 2 aromatic rings. The van der Waals surface area contributed by atoms with Crippen LogP contribution in [0.5, 0.6) is 0 Å². The fourth-order valence-electron chi connectivity index (χ4n) is 2.10. The Morgan fingerprint density at radius 3 is 2.86 bits per heavy atom. The molecule has 0 aliphatic carbocycles. The van der Waals surface area contributed by atoms with Crippen LogP contribution in [0.15, 0.2) is 30.2 Å². The predicted octanol–water partition coefficient (Wildman–Crippen LogP) is 0.990. The van der Waals surface area contributed by atoms with Gasteiger partial charge in [0.05, 0.1) is 18.8 Å². The number of aromatic nitrogens is 2. The second-order valence-electron chi connectivity index (χ2n) is 5.04. The first-order valence-electron chi connectivity index (χ1n) is 7.02. The minimum Gasteiger partial charge on any atom is -0.461 e. The van der Waals surface area contributed by atoms with E-state index < -0.39 is 5.97 Å². The van der Waals surface area contributed by atoms with E-state index in [1.165, 1.54) is 16.8 Å². The number of carbonyl (C=O) groups is 1. The van der Waals surface area contributed by atoms with E-state index in [0.717, 1.165) is 17.0 Å². The van der Waals surface area contributed by atoms with Crippen molar-refractivity contribution in [1.82, 2.24) is 14.4 Å². The maximum Gasteiger partial charge on any atom is 0.355 e. The van der Waals surface area contributed by atoms with E-state index in [2.05, 4.69) is 4.98 Å². The van der Waals surface area contributed by atoms with Gasteiger partial charge in [-0.05, 0) is 32.4 Å². The van der Waals surface area contributed by atoms with Gasteiger partial charge in [0, 0.05) is 18.1 Å². The zero-order valence-corrected chi connectivity index (χ0v) is 13.0. The number of hydrazine groups is 1. The van der Waals surface area contributed by atoms with Crippen LogP contribution in [0, 0.1) is 13.8 Å². The number of imidazole rings is 1. The van der Waals surface area contributed by atoms with E-state index in [1.54, 1.807) is 6.92 Å². The molecule has 0 aliphatic heterocycles. The van der Waals surface area contributed by atoms with Crippen LogP contribution in [0.4, 0.5) is 0 Å². The number of esters is 1. The number of nitrogens with two attached hydrogens (primary N) is 2. The van der Waals surface area contributed by atoms with Crippen molar-refractivity contribution in [3.63, 3.8) is 0 Å². The number of fused-ring (bicyclic) bond motifs is 1. The third-order valence-corrected chi connectivity index (χ3v) is 3.36. The lowest BCUT2D eigenvalue weighted by molar-refractivity contribution is -0.138. The van der Waals surface area contributed by atoms with E-state index in [-0.39, 0.29) is 12.3 Å². The van der Waals surface area contributed by atoms with Gasteiger partial charge in [-0.3, -0.25) is 0 Å². The highest BCUT2D eigenvalue weighted by atomic mass is 16.5. The number of rotatable bonds is 5. The Balaban J connectivity index is 2.15. The summed E-state index contributed by atoms with van der Waals surface area (Å²) < 4.78 is 6.81. The molecule has 7 heteroatoms. The van der Waals surface area contributed by atoms with Crippen molar-refractivity contribution in [2.24, 2.45) is 11.6 Å². The van der Waals surface area contributed by atoms with E-state index in [1.807, 2.05) is 36.6 Å². The van der Waals surface area contributed by atoms with Gasteiger partial charge in [0.15, 0.2) is 0 Å². The molecule has 0 amide bonds. The van der Waals surface area contributed by atoms with Gasteiger partial charge in [0.2, 0.25) is 0 Å². The Hall–Kier alpha value is -2.54. The number of ether oxygens (including phenoxy) is 1. The average Bonchev–Trinajstić information content (AvgIpc) is 2.86. The minimum atomic E-state index is -0.584. The summed E-state index contributed by atoms with van der Waals surface area (Å²) in [6, 6.07) is 3.98. The number of aryl methyl sites for hydroxylation is 2. The lowest BCUT2D eigenvalue weighted by Crippen LogP contribution is -2.28. The van der Waals surface area contributed by atoms with Crippen molar-refractivity contribution >= 4 is 11.6 Å². The van der Waals surface area contributed by atoms with Gasteiger partial charge < -0.3 is 19.9 Å². The van der Waals surface area contributed by atoms with Crippen molar-refractivity contribution in [3.8, 4) is 0 Å². The maximum absolute atomic E-state index is 11.4. The fourth-order valence-corrected chi connectivity index (χ4v) is 2.10. The largest absolute Gasteiger partial charge is 0.461 e. The monoisotopic (exact) mass is 303 g/mol. The summed E-state index contributed by atoms with van der Waals surface area (Å²) in [6.07, 6.45) is 3.27. The standard InChI is InChI=1S/C15H21N5O2/c1-4-22-15(21)13(16)9-19(17)7-12-8-20-11(3)10(2)5-6-14(20)18-12/h5-6,8-9H,4,7,16-17H2,1-3H3/b13-9-. The molecule has 0 saturated carbocycles. The quantitative estimate of drug-likeness (QED) is 0.370. The number of nitrogens with zero attached hydrogens (tertiary/aromatic N) is 3. The molecule has 0 spiro atoms. The van der Waals surface area contributed by atoms with Crippen molar-refractivity contribution in [2.45, 2.75) is 27.3 Å². The topological polar surface area (TPSA) is 98.9 Å². The molecular weight excluding hydrogens is 282 g/mol. The summed E-state index contributed by atoms with van der Waals surface area (Å²) in [6.45, 7) is 6.40. The SMILES string of the molecule is CCOC(=O)/C(N)=C/N(N)Cc1cn2c(C)c(C)ccc2n1. The van der Waals surface area contributed by atoms with Crippen LogP contribution in [0.1, 0.15) is 23.9 Å². The van der Waals surface area contributed by atoms with Crippen LogP contribution in [0.25, 0.3) is 5.65 Å². The molecule has 0 bridgehead atoms. The van der Waals surface area contributed by atoms with Gasteiger partial charge in [-0.2, -0.15) is 0 Å². The Kier molecular flexibility index (Phi) is 4.67. The first-order chi connectivity index (χ1) is 10.4. The molecule has 2 heterocycles. The maximum atomic E-state index is 11.4. The van der Waals surface area contributed by atoms with Gasteiger partial charge in [-0.1, -0.05) is 6.07 Å². The van der Waals surface area contributed by atoms with Gasteiger partial charge >= 0.3 is 5.97 Å². The van der Waals surface area contributed by atoms with Crippen LogP contribution in [0.3, 0.4) is 0 Å². The summed E-state index contributed by atoms with van der Waals surface area (Å²) in [7, 11) is 0. The molecule has 0 atom stereocenters. The Bertz CT molecular complexity index is 720. The van der Waals surface area contributed by atoms with Gasteiger partial charge in [-0.25, -0.2) is 15.6 Å². The van der Waals surface area contributed by atoms with Crippen molar-refractivity contribution in [2.75, 3.05) is 6.61 Å². The van der Waals surface area contributed by atoms with Crippen molar-refractivity contribution < 1.29 is 9.53 Å². The van der Waals surface area contributed by atoms with Crippen LogP contribution in [-0.2, 0) is 16.1 Å². The van der Waals surface area contributed by atoms with Crippen LogP contribution in [0.2, 0.25) is 0 Å². The molecule has 4 N–H and O–H groups in total. The first-order valence-corrected chi connectivity index (χ1v) is 7.02. The lowest BCUT2D eigenvalue weighted by Gasteiger charge is -2.12. The van der Waals surface area contributed by atoms with Gasteiger partial charge in [0.1, 0.15) is 11.3 Å². The Morgan fingerprint density at radius 1 is 1.45 bits per heavy atom. The molecule has 2 aromatic heterocycles. The number of pyridine rings is 1. The summed E-state index contributed by atoms with van der Waals surface area (Å²) in [5.41, 5.74) is 9.53. The third kappa shape index (κ3) is 3.37. The number of hydrogen-bond donors (Lipinski definition) is 2. The molecule has 0 aromatic carbocycles. The first kappa shape index (κ1) is 15.8. The second kappa shape index (κ2) is 6.48. The third-order valence-electron chi connectivity index (χ3n) is 3.36. The van der Waals surface area contributed by atoms with E-state index >= 15 is 0 Å². The summed E-state index contributed by atoms with van der Waals surface area (Å²) in [4.78, 5) is 15.9. The molecule has 118 valence electrons. The van der Waals surface area contributed by atoms with Crippen LogP contribution in [-0.4, -0.2) is 27.0 Å². The highest BCUT2D eigenvalue weighted by Gasteiger charge is 2.10. The molecule has 0 aliphatic rings. The van der Waals surface area contributed by atoms with Gasteiger partial charge in [-0.15, -0.1) is 0 Å². The van der Waals surface area contributed by atoms with Crippen LogP contribution >= 0.6 is 0 Å². The molecule has 0 fully saturated rings. The molecule has 7 nitrogen and oxygen atoms in total. The molecule has 22 heavy (non-hydrogen) atoms. The second-order valence-corrected chi connectivity index (χ2v) is 5.04. The minimum absolute atomic E-state index is 0.0415. The highest BCUT2D eigenvalue weighted by molar-refractivity contribution is 5.87. The summed E-state index contributed by atoms with van der Waals surface area (Å²) >= 11 is 0. The van der Waals surface area contributed by atoms with E-state index in [4.69, 9.17) is 16.3 Å². The predicted molar refractivity (Wildman–Crippen MR) is 83.3 cm³/mol. The molecule has 0 unspecified atom stereocenters. The molecular formula is C15H21N5O2. The Morgan fingerprint density at radius 2 is 2.18 bits per heavy atom. The van der Waals surface area contributed by atoms with Crippen molar-refractivity contribution in [3.05, 3.63) is 47.2 Å². The molecule has 2 rings (SSSR count). The highest BCUT2D eigenvalue weighted by Crippen LogP contribution is 2.13. The van der Waals surface area contributed by atoms with Crippen LogP contribution < -0.4 is 11.6 Å². The van der Waals surface area contributed by atoms with E-state index in [0.29, 0.717) is 6.54 Å². The lowest BCUT2D eigenvalue weighted by atomic mass is 10.2. The molecule has 0 radical (unpaired) electrons. The zero-order valence-electron chi connectivity index (χ0n) is 13.0. The Labute approximate surface area is 129 Å². The van der Waals surface area contributed by atoms with Gasteiger partial charge in [0.25, 0.3) is 0 Å². The summed E-state index contributed by atoms with van der Waals surface area (Å²) in [5, 5.41) is 1.32. The normalized spacial score (nSPS) is 11.7. The zero-order chi connectivity index (χ0) is 16.3. The molecule has 0 saturated heterocycles. The van der Waals surface area contributed by atoms with Crippen molar-refractivity contribution in [1.29, 1.82) is 0 Å². The fraction of sp³-hybridized carbons (Fsp3) is 0.333. The van der Waals surface area contributed by atoms with E-state index in [9.17, 15) is 4.79 Å².